The lowest BCUT2D eigenvalue weighted by molar-refractivity contribution is -0.118. The molecule has 0 aliphatic carbocycles. The topological polar surface area (TPSA) is 77.2 Å². The summed E-state index contributed by atoms with van der Waals surface area (Å²) >= 11 is 11.0. The smallest absolute Gasteiger partial charge is 0.262 e. The normalized spacial score (nSPS) is 13.5. The predicted octanol–water partition coefficient (Wildman–Crippen LogP) is 6.09. The number of aromatic nitrogens is 1. The highest BCUT2D eigenvalue weighted by Crippen LogP contribution is 2.33. The van der Waals surface area contributed by atoms with Crippen molar-refractivity contribution in [1.82, 2.24) is 4.68 Å². The number of anilines is 1. The van der Waals surface area contributed by atoms with E-state index in [-0.39, 0.29) is 12.5 Å². The van der Waals surface area contributed by atoms with Crippen LogP contribution in [-0.2, 0) is 4.79 Å². The van der Waals surface area contributed by atoms with Crippen LogP contribution in [0.15, 0.2) is 80.6 Å². The van der Waals surface area contributed by atoms with Crippen molar-refractivity contribution in [2.45, 2.75) is 0 Å². The van der Waals surface area contributed by atoms with Gasteiger partial charge in [0.25, 0.3) is 5.91 Å². The number of nitrogens with one attached hydrogen (secondary N) is 1. The molecular formula is C25H18BrClN4O3S. The molecule has 2 heterocycles. The Hall–Kier alpha value is -3.40. The summed E-state index contributed by atoms with van der Waals surface area (Å²) in [7, 11) is 1.62. The molecule has 1 N–H and O–H groups in total. The van der Waals surface area contributed by atoms with E-state index in [0.717, 1.165) is 27.0 Å². The van der Waals surface area contributed by atoms with Crippen molar-refractivity contribution >= 4 is 62.4 Å². The Bertz CT molecular complexity index is 1510. The van der Waals surface area contributed by atoms with E-state index in [0.29, 0.717) is 27.0 Å². The summed E-state index contributed by atoms with van der Waals surface area (Å²) in [5.41, 5.74) is 3.82. The average molecular weight is 570 g/mol. The highest BCUT2D eigenvalue weighted by Gasteiger charge is 2.18. The van der Waals surface area contributed by atoms with E-state index < -0.39 is 0 Å². The van der Waals surface area contributed by atoms with E-state index in [4.69, 9.17) is 31.2 Å². The minimum absolute atomic E-state index is 0.00762. The molecule has 5 rings (SSSR count). The molecule has 10 heteroatoms. The summed E-state index contributed by atoms with van der Waals surface area (Å²) in [6.07, 6.45) is 1.73. The van der Waals surface area contributed by atoms with Gasteiger partial charge >= 0.3 is 0 Å². The number of halogens is 2. The van der Waals surface area contributed by atoms with Crippen molar-refractivity contribution in [3.05, 3.63) is 85.9 Å². The van der Waals surface area contributed by atoms with Gasteiger partial charge in [0.15, 0.2) is 6.61 Å². The first kappa shape index (κ1) is 23.3. The molecule has 0 atom stereocenters. The van der Waals surface area contributed by atoms with E-state index in [1.165, 1.54) is 11.3 Å². The third-order valence-electron chi connectivity index (χ3n) is 5.15. The van der Waals surface area contributed by atoms with Crippen molar-refractivity contribution in [3.63, 3.8) is 0 Å². The van der Waals surface area contributed by atoms with Gasteiger partial charge in [-0.25, -0.2) is 9.67 Å². The standard InChI is InChI=1S/C25H18BrClN4O3S/c1-33-22-9-3-17(26)10-16(22)12-28-31-21(14-35-25(31)29-19-6-4-18(27)5-7-19)15-2-8-23-20(11-15)30-24(32)13-34-23/h2-12,14H,13H2,1H3,(H,30,32)/b28-12+,29-25?. The van der Waals surface area contributed by atoms with Crippen LogP contribution >= 0.6 is 38.9 Å². The van der Waals surface area contributed by atoms with Crippen molar-refractivity contribution in [1.29, 1.82) is 0 Å². The summed E-state index contributed by atoms with van der Waals surface area (Å²) in [4.78, 5) is 17.2. The first-order valence-corrected chi connectivity index (χ1v) is 12.5. The number of methoxy groups -OCH3 is 1. The third-order valence-corrected chi connectivity index (χ3v) is 6.71. The molecule has 4 aromatic rings. The Labute approximate surface area is 218 Å². The van der Waals surface area contributed by atoms with Crippen LogP contribution < -0.4 is 19.6 Å². The van der Waals surface area contributed by atoms with Gasteiger partial charge in [0, 0.05) is 26.0 Å². The van der Waals surface area contributed by atoms with E-state index >= 15 is 0 Å². The summed E-state index contributed by atoms with van der Waals surface area (Å²) in [6.45, 7) is 0.00762. The number of carbonyl (C=O) groups is 1. The lowest BCUT2D eigenvalue weighted by Gasteiger charge is -2.18. The molecule has 1 amide bonds. The summed E-state index contributed by atoms with van der Waals surface area (Å²) in [6, 6.07) is 18.6. The van der Waals surface area contributed by atoms with Gasteiger partial charge < -0.3 is 14.8 Å². The van der Waals surface area contributed by atoms with Crippen LogP contribution in [0.1, 0.15) is 5.56 Å². The van der Waals surface area contributed by atoms with Crippen LogP contribution in [0.5, 0.6) is 11.5 Å². The zero-order chi connectivity index (χ0) is 24.4. The van der Waals surface area contributed by atoms with E-state index in [2.05, 4.69) is 21.2 Å². The second-order valence-corrected chi connectivity index (χ2v) is 9.67. The van der Waals surface area contributed by atoms with Gasteiger partial charge in [-0.05, 0) is 60.7 Å². The third kappa shape index (κ3) is 5.17. The summed E-state index contributed by atoms with van der Waals surface area (Å²) < 4.78 is 13.7. The van der Waals surface area contributed by atoms with Crippen LogP contribution in [0.4, 0.5) is 11.4 Å². The fraction of sp³-hybridized carbons (Fsp3) is 0.0800. The van der Waals surface area contributed by atoms with Crippen LogP contribution in [0.3, 0.4) is 0 Å². The number of rotatable bonds is 5. The van der Waals surface area contributed by atoms with Gasteiger partial charge in [0.2, 0.25) is 4.80 Å². The van der Waals surface area contributed by atoms with Crippen molar-refractivity contribution in [2.75, 3.05) is 19.0 Å². The molecular weight excluding hydrogens is 552 g/mol. The van der Waals surface area contributed by atoms with Gasteiger partial charge in [-0.1, -0.05) is 27.5 Å². The van der Waals surface area contributed by atoms with Crippen molar-refractivity contribution in [3.8, 4) is 22.8 Å². The second kappa shape index (κ2) is 10.1. The maximum atomic E-state index is 11.8. The molecule has 35 heavy (non-hydrogen) atoms. The predicted molar refractivity (Wildman–Crippen MR) is 142 cm³/mol. The maximum absolute atomic E-state index is 11.8. The number of carbonyl (C=O) groups excluding carboxylic acids is 1. The van der Waals surface area contributed by atoms with Gasteiger partial charge in [-0.2, -0.15) is 5.10 Å². The number of thiazole rings is 1. The SMILES string of the molecule is COc1ccc(Br)cc1/C=N/n1c(-c2ccc3c(c2)NC(=O)CO3)csc1=Nc1ccc(Cl)cc1. The highest BCUT2D eigenvalue weighted by molar-refractivity contribution is 9.10. The van der Waals surface area contributed by atoms with E-state index in [1.54, 1.807) is 30.1 Å². The molecule has 0 unspecified atom stereocenters. The quantitative estimate of drug-likeness (QED) is 0.296. The Morgan fingerprint density at radius 3 is 2.80 bits per heavy atom. The number of benzene rings is 3. The number of hydrogen-bond donors (Lipinski definition) is 1. The van der Waals surface area contributed by atoms with Crippen LogP contribution in [0.2, 0.25) is 5.02 Å². The van der Waals surface area contributed by atoms with Crippen molar-refractivity contribution < 1.29 is 14.3 Å². The fourth-order valence-electron chi connectivity index (χ4n) is 3.48. The van der Waals surface area contributed by atoms with Gasteiger partial charge in [0.1, 0.15) is 11.5 Å². The molecule has 0 saturated carbocycles. The molecule has 1 aliphatic heterocycles. The van der Waals surface area contributed by atoms with Crippen molar-refractivity contribution in [2.24, 2.45) is 10.1 Å². The number of hydrogen-bond acceptors (Lipinski definition) is 6. The summed E-state index contributed by atoms with van der Waals surface area (Å²) in [5, 5.41) is 10.2. The zero-order valence-electron chi connectivity index (χ0n) is 18.4. The molecule has 1 aromatic heterocycles. The Morgan fingerprint density at radius 1 is 1.17 bits per heavy atom. The molecule has 0 spiro atoms. The molecule has 0 bridgehead atoms. The van der Waals surface area contributed by atoms with Crippen LogP contribution in [0, 0.1) is 0 Å². The monoisotopic (exact) mass is 568 g/mol. The fourth-order valence-corrected chi connectivity index (χ4v) is 4.84. The largest absolute Gasteiger partial charge is 0.496 e. The first-order chi connectivity index (χ1) is 17.0. The number of ether oxygens (including phenoxy) is 2. The first-order valence-electron chi connectivity index (χ1n) is 10.5. The van der Waals surface area contributed by atoms with Crippen LogP contribution in [-0.4, -0.2) is 30.5 Å². The van der Waals surface area contributed by atoms with Crippen LogP contribution in [0.25, 0.3) is 11.3 Å². The van der Waals surface area contributed by atoms with Gasteiger partial charge in [0.05, 0.1) is 30.4 Å². The second-order valence-electron chi connectivity index (χ2n) is 7.48. The minimum Gasteiger partial charge on any atom is -0.496 e. The minimum atomic E-state index is -0.189. The molecule has 0 saturated heterocycles. The van der Waals surface area contributed by atoms with E-state index in [9.17, 15) is 4.79 Å². The Morgan fingerprint density at radius 2 is 2.00 bits per heavy atom. The Kier molecular flexibility index (Phi) is 6.72. The summed E-state index contributed by atoms with van der Waals surface area (Å²) in [5.74, 6) is 1.13. The molecule has 1 aliphatic rings. The lowest BCUT2D eigenvalue weighted by atomic mass is 10.1. The molecule has 0 fully saturated rings. The van der Waals surface area contributed by atoms with Gasteiger partial charge in [-0.3, -0.25) is 4.79 Å². The average Bonchev–Trinajstić information content (AvgIpc) is 3.26. The molecule has 7 nitrogen and oxygen atoms in total. The Balaban J connectivity index is 1.64. The number of fused-ring (bicyclic) bond motifs is 1. The maximum Gasteiger partial charge on any atom is 0.262 e. The number of amides is 1. The lowest BCUT2D eigenvalue weighted by Crippen LogP contribution is -2.25. The van der Waals surface area contributed by atoms with E-state index in [1.807, 2.05) is 53.9 Å². The van der Waals surface area contributed by atoms with Gasteiger partial charge in [-0.15, -0.1) is 11.3 Å². The highest BCUT2D eigenvalue weighted by atomic mass is 79.9. The molecule has 176 valence electrons. The molecule has 0 radical (unpaired) electrons. The molecule has 3 aromatic carbocycles. The zero-order valence-corrected chi connectivity index (χ0v) is 21.5. The number of nitrogens with zero attached hydrogens (tertiary/aromatic N) is 3.